The normalized spacial score (nSPS) is 19.3. The summed E-state index contributed by atoms with van der Waals surface area (Å²) in [7, 11) is -3.43. The molecule has 7 nitrogen and oxygen atoms in total. The Morgan fingerprint density at radius 1 is 1.00 bits per heavy atom. The van der Waals surface area contributed by atoms with Crippen molar-refractivity contribution >= 4 is 26.7 Å². The van der Waals surface area contributed by atoms with Gasteiger partial charge in [0.05, 0.1) is 0 Å². The first kappa shape index (κ1) is 19.5. The van der Waals surface area contributed by atoms with Gasteiger partial charge in [-0.1, -0.05) is 17.3 Å². The van der Waals surface area contributed by atoms with Crippen LogP contribution in [0.5, 0.6) is 0 Å². The second-order valence-electron chi connectivity index (χ2n) is 7.85. The second kappa shape index (κ2) is 7.64. The largest absolute Gasteiger partial charge is 0.369 e. The van der Waals surface area contributed by atoms with E-state index in [0.717, 1.165) is 37.3 Å². The quantitative estimate of drug-likeness (QED) is 0.619. The van der Waals surface area contributed by atoms with Crippen molar-refractivity contribution in [2.75, 3.05) is 44.2 Å². The molecule has 0 bridgehead atoms. The Balaban J connectivity index is 1.16. The van der Waals surface area contributed by atoms with Crippen molar-refractivity contribution in [1.29, 1.82) is 0 Å². The highest BCUT2D eigenvalue weighted by atomic mass is 32.2. The van der Waals surface area contributed by atoms with Crippen molar-refractivity contribution in [3.8, 4) is 0 Å². The van der Waals surface area contributed by atoms with E-state index in [1.165, 1.54) is 16.4 Å². The van der Waals surface area contributed by atoms with Gasteiger partial charge in [0.25, 0.3) is 0 Å². The van der Waals surface area contributed by atoms with E-state index < -0.39 is 10.0 Å². The van der Waals surface area contributed by atoms with E-state index in [1.807, 2.05) is 18.2 Å². The molecule has 0 amide bonds. The van der Waals surface area contributed by atoms with E-state index in [-0.39, 0.29) is 17.6 Å². The zero-order valence-electron chi connectivity index (χ0n) is 16.4. The van der Waals surface area contributed by atoms with Gasteiger partial charge in [0.2, 0.25) is 10.0 Å². The lowest BCUT2D eigenvalue weighted by Crippen LogP contribution is -2.64. The highest BCUT2D eigenvalue weighted by Crippen LogP contribution is 2.26. The van der Waals surface area contributed by atoms with Crippen LogP contribution in [-0.2, 0) is 15.8 Å². The first-order chi connectivity index (χ1) is 14.5. The molecule has 0 atom stereocenters. The first-order valence-corrected chi connectivity index (χ1v) is 11.7. The maximum atomic E-state index is 13.1. The number of rotatable bonds is 5. The molecule has 1 aromatic heterocycles. The third kappa shape index (κ3) is 3.68. The number of hydrogen-bond acceptors (Lipinski definition) is 6. The lowest BCUT2D eigenvalue weighted by Gasteiger charge is -2.47. The van der Waals surface area contributed by atoms with Crippen molar-refractivity contribution in [3.05, 3.63) is 60.0 Å². The molecular weight excluding hydrogens is 407 g/mol. The molecule has 0 aliphatic carbocycles. The van der Waals surface area contributed by atoms with Crippen molar-refractivity contribution in [1.82, 2.24) is 14.4 Å². The van der Waals surface area contributed by atoms with Gasteiger partial charge in [-0.15, -0.1) is 0 Å². The molecule has 30 heavy (non-hydrogen) atoms. The molecule has 5 rings (SSSR count). The zero-order valence-corrected chi connectivity index (χ0v) is 17.3. The summed E-state index contributed by atoms with van der Waals surface area (Å²) >= 11 is 0. The molecule has 2 fully saturated rings. The summed E-state index contributed by atoms with van der Waals surface area (Å²) in [6.07, 6.45) is 0. The van der Waals surface area contributed by atoms with Crippen LogP contribution in [0, 0.1) is 5.82 Å². The number of aromatic nitrogens is 1. The predicted molar refractivity (Wildman–Crippen MR) is 112 cm³/mol. The number of hydrogen-bond donors (Lipinski definition) is 0. The van der Waals surface area contributed by atoms with Crippen LogP contribution in [0.15, 0.2) is 53.1 Å². The molecular formula is C21H23FN4O3S. The smallest absolute Gasteiger partial charge is 0.220 e. The lowest BCUT2D eigenvalue weighted by molar-refractivity contribution is 0.0827. The van der Waals surface area contributed by atoms with Gasteiger partial charge in [-0.05, 0) is 36.4 Å². The van der Waals surface area contributed by atoms with Crippen LogP contribution in [0.2, 0.25) is 0 Å². The molecule has 3 heterocycles. The van der Waals surface area contributed by atoms with Crippen LogP contribution >= 0.6 is 0 Å². The van der Waals surface area contributed by atoms with Crippen molar-refractivity contribution in [2.24, 2.45) is 0 Å². The highest BCUT2D eigenvalue weighted by Gasteiger charge is 2.40. The summed E-state index contributed by atoms with van der Waals surface area (Å²) in [5.74, 6) is -0.374. The van der Waals surface area contributed by atoms with Crippen LogP contribution in [0.25, 0.3) is 11.0 Å². The van der Waals surface area contributed by atoms with Crippen LogP contribution in [0.1, 0.15) is 5.69 Å². The molecule has 158 valence electrons. The van der Waals surface area contributed by atoms with Crippen molar-refractivity contribution in [2.45, 2.75) is 11.8 Å². The Morgan fingerprint density at radius 3 is 2.43 bits per heavy atom. The van der Waals surface area contributed by atoms with Crippen molar-refractivity contribution in [3.63, 3.8) is 0 Å². The van der Waals surface area contributed by atoms with Crippen LogP contribution in [-0.4, -0.2) is 68.1 Å². The van der Waals surface area contributed by atoms with Gasteiger partial charge < -0.3 is 9.42 Å². The van der Waals surface area contributed by atoms with E-state index >= 15 is 0 Å². The third-order valence-corrected chi connectivity index (χ3v) is 7.74. The van der Waals surface area contributed by atoms with Crippen molar-refractivity contribution < 1.29 is 17.3 Å². The number of halogens is 1. The van der Waals surface area contributed by atoms with Crippen LogP contribution in [0.3, 0.4) is 0 Å². The topological polar surface area (TPSA) is 69.9 Å². The number of piperazine rings is 1. The molecule has 0 radical (unpaired) electrons. The van der Waals surface area contributed by atoms with E-state index in [9.17, 15) is 12.8 Å². The molecule has 3 aromatic rings. The van der Waals surface area contributed by atoms with Crippen LogP contribution < -0.4 is 4.90 Å². The first-order valence-electron chi connectivity index (χ1n) is 10.1. The fourth-order valence-corrected chi connectivity index (χ4v) is 5.71. The van der Waals surface area contributed by atoms with Gasteiger partial charge in [0, 0.05) is 56.4 Å². The molecule has 2 saturated heterocycles. The summed E-state index contributed by atoms with van der Waals surface area (Å²) in [6.45, 7) is 4.44. The lowest BCUT2D eigenvalue weighted by atomic mass is 10.1. The second-order valence-corrected chi connectivity index (χ2v) is 9.82. The number of fused-ring (bicyclic) bond motifs is 1. The summed E-state index contributed by atoms with van der Waals surface area (Å²) in [4.78, 5) is 4.58. The number of benzene rings is 2. The Labute approximate surface area is 174 Å². The van der Waals surface area contributed by atoms with E-state index in [0.29, 0.717) is 24.4 Å². The predicted octanol–water partition coefficient (Wildman–Crippen LogP) is 2.30. The minimum atomic E-state index is -3.43. The fourth-order valence-electron chi connectivity index (χ4n) is 4.18. The number of para-hydroxylation sites is 1. The SMILES string of the molecule is O=S(=O)(Cc1noc2ccccc12)N1CC(N2CCN(c3ccc(F)cc3)CC2)C1. The highest BCUT2D eigenvalue weighted by molar-refractivity contribution is 7.88. The Hall–Kier alpha value is -2.49. The van der Waals surface area contributed by atoms with Gasteiger partial charge in [-0.3, -0.25) is 4.90 Å². The van der Waals surface area contributed by atoms with Gasteiger partial charge in [-0.2, -0.15) is 4.31 Å². The fraction of sp³-hybridized carbons (Fsp3) is 0.381. The standard InChI is InChI=1S/C21H23FN4O3S/c22-16-5-7-17(8-6-16)24-9-11-25(12-10-24)18-13-26(14-18)30(27,28)15-20-19-3-1-2-4-21(19)29-23-20/h1-8,18H,9-15H2. The molecule has 0 spiro atoms. The Morgan fingerprint density at radius 2 is 1.70 bits per heavy atom. The Kier molecular flexibility index (Phi) is 4.96. The summed E-state index contributed by atoms with van der Waals surface area (Å²) in [6, 6.07) is 14.1. The average molecular weight is 431 g/mol. The zero-order chi connectivity index (χ0) is 20.7. The molecule has 0 unspecified atom stereocenters. The van der Waals surface area contributed by atoms with E-state index in [4.69, 9.17) is 4.52 Å². The van der Waals surface area contributed by atoms with E-state index in [1.54, 1.807) is 18.2 Å². The molecule has 2 aromatic carbocycles. The minimum absolute atomic E-state index is 0.144. The molecule has 9 heteroatoms. The van der Waals surface area contributed by atoms with E-state index in [2.05, 4.69) is 15.0 Å². The summed E-state index contributed by atoms with van der Waals surface area (Å²) in [5.41, 5.74) is 2.08. The third-order valence-electron chi connectivity index (χ3n) is 6.02. The summed E-state index contributed by atoms with van der Waals surface area (Å²) < 4.78 is 45.5. The maximum absolute atomic E-state index is 13.1. The molecule has 0 saturated carbocycles. The number of nitrogens with zero attached hydrogens (tertiary/aromatic N) is 4. The molecule has 2 aliphatic heterocycles. The van der Waals surface area contributed by atoms with Crippen LogP contribution in [0.4, 0.5) is 10.1 Å². The monoisotopic (exact) mass is 430 g/mol. The van der Waals surface area contributed by atoms with Gasteiger partial charge in [-0.25, -0.2) is 12.8 Å². The van der Waals surface area contributed by atoms with Gasteiger partial charge in [0.15, 0.2) is 5.58 Å². The molecule has 2 aliphatic rings. The maximum Gasteiger partial charge on any atom is 0.220 e. The average Bonchev–Trinajstić information content (AvgIpc) is 3.10. The summed E-state index contributed by atoms with van der Waals surface area (Å²) in [5, 5.41) is 4.70. The van der Waals surface area contributed by atoms with Gasteiger partial charge >= 0.3 is 0 Å². The Bertz CT molecular complexity index is 1130. The minimum Gasteiger partial charge on any atom is -0.369 e. The molecule has 0 N–H and O–H groups in total. The number of sulfonamides is 1. The van der Waals surface area contributed by atoms with Gasteiger partial charge in [0.1, 0.15) is 17.3 Å². The number of anilines is 1.